The van der Waals surface area contributed by atoms with Crippen LogP contribution in [0.5, 0.6) is 11.5 Å². The van der Waals surface area contributed by atoms with Gasteiger partial charge in [-0.05, 0) is 49.3 Å². The number of hydrogen-bond donors (Lipinski definition) is 1. The average Bonchev–Trinajstić information content (AvgIpc) is 3.19. The molecule has 1 unspecified atom stereocenters. The van der Waals surface area contributed by atoms with Crippen molar-refractivity contribution >= 4 is 35.0 Å². The second-order valence-corrected chi connectivity index (χ2v) is 9.84. The Kier molecular flexibility index (Phi) is 9.18. The molecule has 0 amide bonds. The van der Waals surface area contributed by atoms with Crippen LogP contribution in [-0.2, 0) is 0 Å². The van der Waals surface area contributed by atoms with Crippen LogP contribution in [0.2, 0.25) is 0 Å². The van der Waals surface area contributed by atoms with Gasteiger partial charge in [0.2, 0.25) is 0 Å². The third-order valence-electron chi connectivity index (χ3n) is 5.52. The van der Waals surface area contributed by atoms with Crippen LogP contribution in [0.4, 0.5) is 0 Å². The Bertz CT molecular complexity index is 945. The average molecular weight is 470 g/mol. The summed E-state index contributed by atoms with van der Waals surface area (Å²) in [7, 11) is 0. The quantitative estimate of drug-likeness (QED) is 0.165. The standard InChI is InChI=1S/C26H31NO3S2/c1-2-3-4-5-6-12-18-26(19-17-23(27)32-26)25(31)30-22-16-11-10-15-21(22)24(28)29-20-13-8-7-9-14-20/h7-11,13-17H,2-6,12,18-19,27H2,1H3. The van der Waals surface area contributed by atoms with Gasteiger partial charge in [-0.15, -0.1) is 0 Å². The number of carbonyl (C=O) groups excluding carboxylic acids is 1. The number of benzene rings is 2. The van der Waals surface area contributed by atoms with Gasteiger partial charge in [0, 0.05) is 0 Å². The van der Waals surface area contributed by atoms with Crippen LogP contribution in [-0.4, -0.2) is 15.8 Å². The summed E-state index contributed by atoms with van der Waals surface area (Å²) < 4.78 is 11.3. The number of hydrogen-bond acceptors (Lipinski definition) is 6. The van der Waals surface area contributed by atoms with Gasteiger partial charge in [-0.25, -0.2) is 4.79 Å². The molecular weight excluding hydrogens is 438 g/mol. The molecule has 2 aromatic carbocycles. The number of ether oxygens (including phenoxy) is 2. The first-order valence-electron chi connectivity index (χ1n) is 11.3. The second-order valence-electron chi connectivity index (χ2n) is 8.01. The van der Waals surface area contributed by atoms with Crippen molar-refractivity contribution in [1.82, 2.24) is 0 Å². The molecular formula is C26H31NO3S2. The van der Waals surface area contributed by atoms with Crippen LogP contribution < -0.4 is 15.2 Å². The van der Waals surface area contributed by atoms with Crippen LogP contribution in [0, 0.1) is 0 Å². The Morgan fingerprint density at radius 3 is 2.41 bits per heavy atom. The Labute approximate surface area is 200 Å². The van der Waals surface area contributed by atoms with Gasteiger partial charge in [-0.3, -0.25) is 0 Å². The number of rotatable bonds is 11. The van der Waals surface area contributed by atoms with Crippen molar-refractivity contribution in [2.45, 2.75) is 63.0 Å². The minimum atomic E-state index is -0.476. The zero-order valence-corrected chi connectivity index (χ0v) is 20.2. The largest absolute Gasteiger partial charge is 0.448 e. The van der Waals surface area contributed by atoms with Gasteiger partial charge in [0.25, 0.3) is 0 Å². The maximum absolute atomic E-state index is 12.8. The molecule has 0 aromatic heterocycles. The summed E-state index contributed by atoms with van der Waals surface area (Å²) in [5.41, 5.74) is 6.46. The molecule has 1 atom stereocenters. The van der Waals surface area contributed by atoms with Gasteiger partial charge in [0.05, 0.1) is 9.78 Å². The molecule has 0 saturated heterocycles. The first-order chi connectivity index (χ1) is 15.5. The summed E-state index contributed by atoms with van der Waals surface area (Å²) in [5, 5.41) is 1.24. The van der Waals surface area contributed by atoms with Crippen LogP contribution in [0.15, 0.2) is 65.7 Å². The van der Waals surface area contributed by atoms with E-state index in [0.717, 1.165) is 24.3 Å². The van der Waals surface area contributed by atoms with E-state index in [1.165, 1.54) is 32.1 Å². The molecule has 1 aliphatic rings. The van der Waals surface area contributed by atoms with E-state index >= 15 is 0 Å². The summed E-state index contributed by atoms with van der Waals surface area (Å²) >= 11 is 7.35. The highest BCUT2D eigenvalue weighted by atomic mass is 32.2. The molecule has 4 nitrogen and oxygen atoms in total. The van der Waals surface area contributed by atoms with E-state index < -0.39 is 5.97 Å². The number of thioether (sulfide) groups is 1. The summed E-state index contributed by atoms with van der Waals surface area (Å²) in [6.07, 6.45) is 10.9. The third kappa shape index (κ3) is 6.59. The van der Waals surface area contributed by atoms with Crippen LogP contribution in [0.1, 0.15) is 68.6 Å². The van der Waals surface area contributed by atoms with E-state index in [1.54, 1.807) is 42.1 Å². The maximum Gasteiger partial charge on any atom is 0.347 e. The first-order valence-corrected chi connectivity index (χ1v) is 12.5. The maximum atomic E-state index is 12.8. The molecule has 0 saturated carbocycles. The third-order valence-corrected chi connectivity index (χ3v) is 7.47. The Hall–Kier alpha value is -2.31. The Morgan fingerprint density at radius 1 is 1.00 bits per heavy atom. The predicted octanol–water partition coefficient (Wildman–Crippen LogP) is 7.04. The molecule has 0 aliphatic carbocycles. The molecule has 2 N–H and O–H groups in total. The van der Waals surface area contributed by atoms with E-state index in [4.69, 9.17) is 27.4 Å². The number of para-hydroxylation sites is 2. The molecule has 170 valence electrons. The van der Waals surface area contributed by atoms with Crippen molar-refractivity contribution < 1.29 is 14.3 Å². The van der Waals surface area contributed by atoms with Gasteiger partial charge in [0.1, 0.15) is 17.1 Å². The first kappa shape index (κ1) is 24.3. The van der Waals surface area contributed by atoms with Gasteiger partial charge < -0.3 is 15.2 Å². The van der Waals surface area contributed by atoms with Crippen molar-refractivity contribution in [3.05, 3.63) is 71.3 Å². The summed E-state index contributed by atoms with van der Waals surface area (Å²) in [6, 6.07) is 16.0. The summed E-state index contributed by atoms with van der Waals surface area (Å²) in [4.78, 5) is 12.8. The molecule has 0 radical (unpaired) electrons. The fourth-order valence-corrected chi connectivity index (χ4v) is 5.27. The lowest BCUT2D eigenvalue weighted by Crippen LogP contribution is -2.36. The fraction of sp³-hybridized carbons (Fsp3) is 0.385. The van der Waals surface area contributed by atoms with Crippen LogP contribution in [0.3, 0.4) is 0 Å². The van der Waals surface area contributed by atoms with E-state index in [0.29, 0.717) is 22.1 Å². The van der Waals surface area contributed by atoms with Crippen molar-refractivity contribution in [3.63, 3.8) is 0 Å². The molecule has 3 rings (SSSR count). The predicted molar refractivity (Wildman–Crippen MR) is 136 cm³/mol. The van der Waals surface area contributed by atoms with Gasteiger partial charge in [0.15, 0.2) is 5.05 Å². The normalized spacial score (nSPS) is 17.6. The van der Waals surface area contributed by atoms with E-state index in [9.17, 15) is 4.79 Å². The number of carbonyl (C=O) groups is 1. The van der Waals surface area contributed by atoms with Gasteiger partial charge in [-0.2, -0.15) is 0 Å². The van der Waals surface area contributed by atoms with Crippen LogP contribution in [0.25, 0.3) is 0 Å². The topological polar surface area (TPSA) is 61.5 Å². The van der Waals surface area contributed by atoms with E-state index in [1.807, 2.05) is 30.3 Å². The Morgan fingerprint density at radius 2 is 1.69 bits per heavy atom. The van der Waals surface area contributed by atoms with Crippen molar-refractivity contribution in [2.75, 3.05) is 0 Å². The summed E-state index contributed by atoms with van der Waals surface area (Å²) in [6.45, 7) is 2.22. The molecule has 0 spiro atoms. The van der Waals surface area contributed by atoms with Crippen molar-refractivity contribution in [3.8, 4) is 11.5 Å². The lowest BCUT2D eigenvalue weighted by atomic mass is 9.96. The lowest BCUT2D eigenvalue weighted by Gasteiger charge is -2.29. The number of allylic oxidation sites excluding steroid dienone is 1. The van der Waals surface area contributed by atoms with Crippen molar-refractivity contribution in [2.24, 2.45) is 5.73 Å². The zero-order valence-electron chi connectivity index (χ0n) is 18.5. The molecule has 2 aromatic rings. The number of unbranched alkanes of at least 4 members (excludes halogenated alkanes) is 5. The SMILES string of the molecule is CCCCCCCCC1(C(=S)Oc2ccccc2C(=O)Oc2ccccc2)CC=C(N)S1. The zero-order chi connectivity index (χ0) is 22.8. The second kappa shape index (κ2) is 12.1. The van der Waals surface area contributed by atoms with Gasteiger partial charge in [-0.1, -0.05) is 93.6 Å². The van der Waals surface area contributed by atoms with E-state index in [2.05, 4.69) is 6.92 Å². The number of nitrogens with two attached hydrogens (primary N) is 1. The fourth-order valence-electron chi connectivity index (χ4n) is 3.71. The summed E-state index contributed by atoms with van der Waals surface area (Å²) in [5.74, 6) is 0.417. The van der Waals surface area contributed by atoms with Crippen LogP contribution >= 0.6 is 24.0 Å². The molecule has 0 bridgehead atoms. The molecule has 32 heavy (non-hydrogen) atoms. The number of thiocarbonyl (C=S) groups is 1. The lowest BCUT2D eigenvalue weighted by molar-refractivity contribution is 0.0732. The van der Waals surface area contributed by atoms with Gasteiger partial charge >= 0.3 is 5.97 Å². The molecule has 0 fully saturated rings. The highest BCUT2D eigenvalue weighted by Gasteiger charge is 2.41. The molecule has 6 heteroatoms. The minimum Gasteiger partial charge on any atom is -0.448 e. The minimum absolute atomic E-state index is 0.345. The van der Waals surface area contributed by atoms with E-state index in [-0.39, 0.29) is 4.75 Å². The highest BCUT2D eigenvalue weighted by molar-refractivity contribution is 8.06. The monoisotopic (exact) mass is 469 g/mol. The molecule has 1 heterocycles. The van der Waals surface area contributed by atoms with Crippen molar-refractivity contribution in [1.29, 1.82) is 0 Å². The molecule has 1 aliphatic heterocycles. The highest BCUT2D eigenvalue weighted by Crippen LogP contribution is 2.45. The number of esters is 1. The smallest absolute Gasteiger partial charge is 0.347 e. The Balaban J connectivity index is 1.68.